The molecule has 5 nitrogen and oxygen atoms in total. The number of methoxy groups -OCH3 is 2. The van der Waals surface area contributed by atoms with Crippen LogP contribution in [0, 0.1) is 11.6 Å². The van der Waals surface area contributed by atoms with Gasteiger partial charge in [0.15, 0.2) is 17.5 Å². The highest BCUT2D eigenvalue weighted by atomic mass is 19.1. The lowest BCUT2D eigenvalue weighted by atomic mass is 10.1. The normalized spacial score (nSPS) is 11.2. The van der Waals surface area contributed by atoms with Gasteiger partial charge >= 0.3 is 0 Å². The summed E-state index contributed by atoms with van der Waals surface area (Å²) in [6.45, 7) is 0.945. The largest absolute Gasteiger partial charge is 0.493 e. The van der Waals surface area contributed by atoms with Crippen LogP contribution in [-0.4, -0.2) is 33.8 Å². The quantitative estimate of drug-likeness (QED) is 0.587. The average Bonchev–Trinajstić information content (AvgIpc) is 2.66. The zero-order chi connectivity index (χ0) is 18.9. The molecule has 0 radical (unpaired) electrons. The zero-order valence-corrected chi connectivity index (χ0v) is 15.1. The Labute approximate surface area is 152 Å². The van der Waals surface area contributed by atoms with Crippen molar-refractivity contribution in [2.24, 2.45) is 4.99 Å². The van der Waals surface area contributed by atoms with E-state index in [1.165, 1.54) is 6.07 Å². The third-order valence-corrected chi connectivity index (χ3v) is 3.83. The number of ether oxygens (including phenoxy) is 2. The number of nitrogens with one attached hydrogen (secondary N) is 2. The molecule has 0 atom stereocenters. The van der Waals surface area contributed by atoms with E-state index in [-0.39, 0.29) is 0 Å². The molecule has 140 valence electrons. The molecule has 0 saturated carbocycles. The minimum atomic E-state index is -0.447. The van der Waals surface area contributed by atoms with Crippen molar-refractivity contribution >= 4 is 5.96 Å². The summed E-state index contributed by atoms with van der Waals surface area (Å²) in [6.07, 6.45) is 0.348. The molecule has 0 aliphatic rings. The van der Waals surface area contributed by atoms with Gasteiger partial charge in [0.1, 0.15) is 11.6 Å². The van der Waals surface area contributed by atoms with Crippen molar-refractivity contribution in [3.8, 4) is 11.5 Å². The van der Waals surface area contributed by atoms with Crippen LogP contribution in [0.3, 0.4) is 0 Å². The molecule has 2 aromatic carbocycles. The Hall–Kier alpha value is -2.83. The van der Waals surface area contributed by atoms with Gasteiger partial charge in [-0.25, -0.2) is 8.78 Å². The Morgan fingerprint density at radius 3 is 2.46 bits per heavy atom. The van der Waals surface area contributed by atoms with E-state index < -0.39 is 11.6 Å². The van der Waals surface area contributed by atoms with E-state index in [9.17, 15) is 8.78 Å². The zero-order valence-electron chi connectivity index (χ0n) is 15.1. The summed E-state index contributed by atoms with van der Waals surface area (Å²) in [5.74, 6) is 1.02. The fraction of sp³-hybridized carbons (Fsp3) is 0.316. The van der Waals surface area contributed by atoms with E-state index in [0.717, 1.165) is 17.7 Å². The summed E-state index contributed by atoms with van der Waals surface area (Å²) < 4.78 is 37.3. The number of hydrogen-bond acceptors (Lipinski definition) is 3. The highest BCUT2D eigenvalue weighted by Gasteiger charge is 2.07. The van der Waals surface area contributed by atoms with E-state index in [4.69, 9.17) is 9.47 Å². The Morgan fingerprint density at radius 2 is 1.77 bits per heavy atom. The van der Waals surface area contributed by atoms with Crippen LogP contribution < -0.4 is 20.1 Å². The number of benzene rings is 2. The predicted octanol–water partition coefficient (Wildman–Crippen LogP) is 2.89. The Kier molecular flexibility index (Phi) is 7.20. The second kappa shape index (κ2) is 9.60. The molecular formula is C19H23F2N3O2. The topological polar surface area (TPSA) is 54.9 Å². The van der Waals surface area contributed by atoms with Crippen LogP contribution >= 0.6 is 0 Å². The van der Waals surface area contributed by atoms with E-state index in [2.05, 4.69) is 15.6 Å². The first-order valence-corrected chi connectivity index (χ1v) is 8.16. The molecule has 26 heavy (non-hydrogen) atoms. The molecule has 2 aromatic rings. The first-order chi connectivity index (χ1) is 12.6. The molecule has 0 amide bonds. The average molecular weight is 363 g/mol. The highest BCUT2D eigenvalue weighted by Crippen LogP contribution is 2.27. The smallest absolute Gasteiger partial charge is 0.191 e. The molecular weight excluding hydrogens is 340 g/mol. The maximum absolute atomic E-state index is 13.6. The van der Waals surface area contributed by atoms with Gasteiger partial charge in [-0.15, -0.1) is 0 Å². The van der Waals surface area contributed by atoms with Gasteiger partial charge in [0.25, 0.3) is 0 Å². The van der Waals surface area contributed by atoms with Crippen molar-refractivity contribution in [3.05, 3.63) is 59.2 Å². The van der Waals surface area contributed by atoms with Crippen molar-refractivity contribution in [2.45, 2.75) is 13.0 Å². The summed E-state index contributed by atoms with van der Waals surface area (Å²) in [4.78, 5) is 4.12. The van der Waals surface area contributed by atoms with Crippen molar-refractivity contribution in [1.29, 1.82) is 0 Å². The predicted molar refractivity (Wildman–Crippen MR) is 97.8 cm³/mol. The van der Waals surface area contributed by atoms with Gasteiger partial charge in [0, 0.05) is 20.1 Å². The van der Waals surface area contributed by atoms with Crippen molar-refractivity contribution < 1.29 is 18.3 Å². The summed E-state index contributed by atoms with van der Waals surface area (Å²) in [7, 11) is 4.82. The monoisotopic (exact) mass is 363 g/mol. The minimum Gasteiger partial charge on any atom is -0.493 e. The second-order valence-electron chi connectivity index (χ2n) is 5.53. The van der Waals surface area contributed by atoms with E-state index in [1.807, 2.05) is 18.2 Å². The molecule has 2 rings (SSSR count). The molecule has 7 heteroatoms. The highest BCUT2D eigenvalue weighted by molar-refractivity contribution is 5.79. The Bertz CT molecular complexity index is 766. The summed E-state index contributed by atoms with van der Waals surface area (Å²) in [6, 6.07) is 9.07. The van der Waals surface area contributed by atoms with Gasteiger partial charge in [0.2, 0.25) is 0 Å². The van der Waals surface area contributed by atoms with Crippen LogP contribution in [0.1, 0.15) is 11.1 Å². The van der Waals surface area contributed by atoms with Gasteiger partial charge in [0.05, 0.1) is 14.2 Å². The van der Waals surface area contributed by atoms with Crippen LogP contribution in [0.4, 0.5) is 8.78 Å². The van der Waals surface area contributed by atoms with Gasteiger partial charge in [-0.05, 0) is 47.9 Å². The van der Waals surface area contributed by atoms with E-state index in [0.29, 0.717) is 42.5 Å². The van der Waals surface area contributed by atoms with Gasteiger partial charge < -0.3 is 20.1 Å². The Morgan fingerprint density at radius 1 is 1.00 bits per heavy atom. The van der Waals surface area contributed by atoms with Crippen LogP contribution in [0.2, 0.25) is 0 Å². The van der Waals surface area contributed by atoms with E-state index >= 15 is 0 Å². The molecule has 0 bridgehead atoms. The first kappa shape index (κ1) is 19.5. The van der Waals surface area contributed by atoms with Gasteiger partial charge in [-0.3, -0.25) is 4.99 Å². The fourth-order valence-corrected chi connectivity index (χ4v) is 2.45. The summed E-state index contributed by atoms with van der Waals surface area (Å²) in [5.41, 5.74) is 1.31. The third-order valence-electron chi connectivity index (χ3n) is 3.83. The molecule has 0 fully saturated rings. The number of nitrogens with zero attached hydrogens (tertiary/aromatic N) is 1. The lowest BCUT2D eigenvalue weighted by Crippen LogP contribution is -2.37. The lowest BCUT2D eigenvalue weighted by Gasteiger charge is -2.13. The van der Waals surface area contributed by atoms with Crippen molar-refractivity contribution in [3.63, 3.8) is 0 Å². The van der Waals surface area contributed by atoms with Gasteiger partial charge in [-0.2, -0.15) is 0 Å². The molecule has 0 saturated heterocycles. The van der Waals surface area contributed by atoms with Crippen LogP contribution in [0.25, 0.3) is 0 Å². The summed E-state index contributed by atoms with van der Waals surface area (Å²) >= 11 is 0. The lowest BCUT2D eigenvalue weighted by molar-refractivity contribution is 0.354. The molecule has 0 spiro atoms. The maximum Gasteiger partial charge on any atom is 0.191 e. The van der Waals surface area contributed by atoms with Crippen molar-refractivity contribution in [1.82, 2.24) is 10.6 Å². The Balaban J connectivity index is 1.87. The number of hydrogen-bond donors (Lipinski definition) is 2. The van der Waals surface area contributed by atoms with Crippen LogP contribution in [0.15, 0.2) is 41.4 Å². The minimum absolute atomic E-state index is 0.327. The van der Waals surface area contributed by atoms with Crippen molar-refractivity contribution in [2.75, 3.05) is 27.8 Å². The number of rotatable bonds is 7. The van der Waals surface area contributed by atoms with Gasteiger partial charge in [-0.1, -0.05) is 6.07 Å². The second-order valence-corrected chi connectivity index (χ2v) is 5.53. The number of aliphatic imine (C=N–C) groups is 1. The van der Waals surface area contributed by atoms with Crippen LogP contribution in [0.5, 0.6) is 11.5 Å². The maximum atomic E-state index is 13.6. The molecule has 2 N–H and O–H groups in total. The molecule has 0 heterocycles. The number of halogens is 2. The standard InChI is InChI=1S/C19H23F2N3O2/c1-22-19(23-9-8-14-11-15(20)5-6-16(14)21)24-12-13-4-7-17(25-2)18(10-13)26-3/h4-7,10-11H,8-9,12H2,1-3H3,(H2,22,23,24). The third kappa shape index (κ3) is 5.34. The SMILES string of the molecule is CN=C(NCCc1cc(F)ccc1F)NCc1ccc(OC)c(OC)c1. The molecule has 0 unspecified atom stereocenters. The number of guanidine groups is 1. The van der Waals surface area contributed by atoms with E-state index in [1.54, 1.807) is 21.3 Å². The van der Waals surface area contributed by atoms with Crippen LogP contribution in [-0.2, 0) is 13.0 Å². The molecule has 0 aliphatic carbocycles. The first-order valence-electron chi connectivity index (χ1n) is 8.16. The summed E-state index contributed by atoms with van der Waals surface area (Å²) in [5, 5.41) is 6.24. The molecule has 0 aromatic heterocycles. The fourth-order valence-electron chi connectivity index (χ4n) is 2.45. The molecule has 0 aliphatic heterocycles.